The average molecular weight is 269 g/mol. The Morgan fingerprint density at radius 2 is 2.06 bits per heavy atom. The Hall–Kier alpha value is -0.710. The highest BCUT2D eigenvalue weighted by atomic mass is 32.2. The van der Waals surface area contributed by atoms with Gasteiger partial charge in [0.15, 0.2) is 0 Å². The predicted molar refractivity (Wildman–Crippen MR) is 76.6 cm³/mol. The summed E-state index contributed by atoms with van der Waals surface area (Å²) >= 11 is 0. The number of nitrogens with one attached hydrogen (secondary N) is 1. The molecule has 0 aromatic heterocycles. The summed E-state index contributed by atoms with van der Waals surface area (Å²) in [5.74, 6) is 0.713. The maximum absolute atomic E-state index is 12.2. The summed E-state index contributed by atoms with van der Waals surface area (Å²) < 4.78 is 17.1. The van der Waals surface area contributed by atoms with Gasteiger partial charge in [0.05, 0.1) is 17.4 Å². The van der Waals surface area contributed by atoms with Crippen LogP contribution in [0.3, 0.4) is 0 Å². The van der Waals surface area contributed by atoms with Gasteiger partial charge in [0, 0.05) is 24.3 Å². The van der Waals surface area contributed by atoms with Gasteiger partial charge in [-0.3, -0.25) is 4.21 Å². The van der Waals surface area contributed by atoms with Crippen LogP contribution in [0.15, 0.2) is 23.1 Å². The van der Waals surface area contributed by atoms with E-state index in [0.29, 0.717) is 5.75 Å². The van der Waals surface area contributed by atoms with Crippen molar-refractivity contribution in [2.75, 3.05) is 32.6 Å². The standard InChI is InChI=1S/C14H23NO2S/c1-12-5-6-13(2)14(11-12)18(16)10-4-7-15-8-9-17-3/h5-6,11,15H,4,7-10H2,1-3H3. The number of methoxy groups -OCH3 is 1. The summed E-state index contributed by atoms with van der Waals surface area (Å²) in [4.78, 5) is 0.979. The van der Waals surface area contributed by atoms with E-state index in [4.69, 9.17) is 4.74 Å². The normalized spacial score (nSPS) is 12.6. The van der Waals surface area contributed by atoms with Gasteiger partial charge in [-0.25, -0.2) is 0 Å². The van der Waals surface area contributed by atoms with Gasteiger partial charge < -0.3 is 10.1 Å². The SMILES string of the molecule is COCCNCCCS(=O)c1cc(C)ccc1C. The number of benzene rings is 1. The Balaban J connectivity index is 2.34. The second kappa shape index (κ2) is 8.40. The molecule has 0 fully saturated rings. The van der Waals surface area contributed by atoms with E-state index in [9.17, 15) is 4.21 Å². The molecule has 102 valence electrons. The summed E-state index contributed by atoms with van der Waals surface area (Å²) in [5, 5.41) is 3.26. The third kappa shape index (κ3) is 5.29. The molecule has 1 N–H and O–H groups in total. The highest BCUT2D eigenvalue weighted by Gasteiger charge is 2.07. The number of ether oxygens (including phenoxy) is 1. The average Bonchev–Trinajstić information content (AvgIpc) is 2.36. The van der Waals surface area contributed by atoms with Crippen molar-refractivity contribution in [3.05, 3.63) is 29.3 Å². The first-order valence-corrected chi connectivity index (χ1v) is 7.62. The first kappa shape index (κ1) is 15.3. The molecule has 1 unspecified atom stereocenters. The second-order valence-corrected chi connectivity index (χ2v) is 5.95. The second-order valence-electron chi connectivity index (χ2n) is 4.41. The molecular weight excluding hydrogens is 246 g/mol. The molecule has 1 aromatic rings. The van der Waals surface area contributed by atoms with Crippen LogP contribution in [-0.2, 0) is 15.5 Å². The van der Waals surface area contributed by atoms with E-state index in [1.54, 1.807) is 7.11 Å². The van der Waals surface area contributed by atoms with E-state index in [1.165, 1.54) is 5.56 Å². The lowest BCUT2D eigenvalue weighted by Gasteiger charge is -2.08. The fourth-order valence-corrected chi connectivity index (χ4v) is 3.06. The summed E-state index contributed by atoms with van der Waals surface area (Å²) in [6, 6.07) is 6.13. The topological polar surface area (TPSA) is 38.3 Å². The first-order chi connectivity index (χ1) is 8.65. The van der Waals surface area contributed by atoms with Crippen LogP contribution in [0.25, 0.3) is 0 Å². The molecule has 0 aliphatic carbocycles. The van der Waals surface area contributed by atoms with Crippen LogP contribution < -0.4 is 5.32 Å². The third-order valence-corrected chi connectivity index (χ3v) is 4.35. The molecule has 0 bridgehead atoms. The van der Waals surface area contributed by atoms with Crippen LogP contribution in [0.4, 0.5) is 0 Å². The summed E-state index contributed by atoms with van der Waals surface area (Å²) in [6.45, 7) is 6.52. The Bertz CT molecular complexity index is 393. The van der Waals surface area contributed by atoms with Crippen molar-refractivity contribution in [3.8, 4) is 0 Å². The van der Waals surface area contributed by atoms with Crippen LogP contribution in [0, 0.1) is 13.8 Å². The molecule has 0 spiro atoms. The van der Waals surface area contributed by atoms with E-state index in [1.807, 2.05) is 26.0 Å². The van der Waals surface area contributed by atoms with E-state index in [2.05, 4.69) is 11.4 Å². The van der Waals surface area contributed by atoms with Gasteiger partial charge in [-0.15, -0.1) is 0 Å². The van der Waals surface area contributed by atoms with Gasteiger partial charge >= 0.3 is 0 Å². The van der Waals surface area contributed by atoms with Crippen molar-refractivity contribution in [2.24, 2.45) is 0 Å². The fraction of sp³-hybridized carbons (Fsp3) is 0.571. The zero-order valence-corrected chi connectivity index (χ0v) is 12.3. The molecule has 0 saturated heterocycles. The molecule has 0 radical (unpaired) electrons. The lowest BCUT2D eigenvalue weighted by Crippen LogP contribution is -2.21. The summed E-state index contributed by atoms with van der Waals surface area (Å²) in [6.07, 6.45) is 0.920. The smallest absolute Gasteiger partial charge is 0.0587 e. The Kier molecular flexibility index (Phi) is 7.16. The van der Waals surface area contributed by atoms with Crippen LogP contribution in [0.1, 0.15) is 17.5 Å². The van der Waals surface area contributed by atoms with Crippen LogP contribution >= 0.6 is 0 Å². The largest absolute Gasteiger partial charge is 0.383 e. The molecule has 1 atom stereocenters. The zero-order chi connectivity index (χ0) is 13.4. The van der Waals surface area contributed by atoms with Gasteiger partial charge in [0.2, 0.25) is 0 Å². The molecule has 0 saturated carbocycles. The van der Waals surface area contributed by atoms with Crippen LogP contribution in [0.2, 0.25) is 0 Å². The van der Waals surface area contributed by atoms with Gasteiger partial charge in [-0.1, -0.05) is 12.1 Å². The monoisotopic (exact) mass is 269 g/mol. The fourth-order valence-electron chi connectivity index (χ4n) is 1.69. The van der Waals surface area contributed by atoms with Crippen molar-refractivity contribution in [3.63, 3.8) is 0 Å². The minimum atomic E-state index is -0.884. The Labute approximate surface area is 112 Å². The van der Waals surface area contributed by atoms with Crippen molar-refractivity contribution in [1.82, 2.24) is 5.32 Å². The molecule has 4 heteroatoms. The highest BCUT2D eigenvalue weighted by molar-refractivity contribution is 7.85. The van der Waals surface area contributed by atoms with Crippen molar-refractivity contribution in [2.45, 2.75) is 25.2 Å². The van der Waals surface area contributed by atoms with Gasteiger partial charge in [-0.2, -0.15) is 0 Å². The Morgan fingerprint density at radius 3 is 2.78 bits per heavy atom. The van der Waals surface area contributed by atoms with Gasteiger partial charge in [0.1, 0.15) is 0 Å². The quantitative estimate of drug-likeness (QED) is 0.734. The molecule has 0 amide bonds. The van der Waals surface area contributed by atoms with Crippen LogP contribution in [0.5, 0.6) is 0 Å². The number of hydrogen-bond acceptors (Lipinski definition) is 3. The molecule has 0 heterocycles. The summed E-state index contributed by atoms with van der Waals surface area (Å²) in [5.41, 5.74) is 2.29. The minimum Gasteiger partial charge on any atom is -0.383 e. The van der Waals surface area contributed by atoms with Crippen molar-refractivity contribution >= 4 is 10.8 Å². The van der Waals surface area contributed by atoms with Crippen molar-refractivity contribution < 1.29 is 8.95 Å². The number of rotatable bonds is 8. The lowest BCUT2D eigenvalue weighted by molar-refractivity contribution is 0.199. The van der Waals surface area contributed by atoms with Crippen molar-refractivity contribution in [1.29, 1.82) is 0 Å². The third-order valence-electron chi connectivity index (χ3n) is 2.76. The molecular formula is C14H23NO2S. The van der Waals surface area contributed by atoms with Crippen LogP contribution in [-0.4, -0.2) is 36.8 Å². The van der Waals surface area contributed by atoms with E-state index < -0.39 is 10.8 Å². The lowest BCUT2D eigenvalue weighted by atomic mass is 10.2. The minimum absolute atomic E-state index is 0.713. The number of hydrogen-bond donors (Lipinski definition) is 1. The van der Waals surface area contributed by atoms with Gasteiger partial charge in [-0.05, 0) is 44.0 Å². The van der Waals surface area contributed by atoms with E-state index in [-0.39, 0.29) is 0 Å². The zero-order valence-electron chi connectivity index (χ0n) is 11.5. The van der Waals surface area contributed by atoms with Gasteiger partial charge in [0.25, 0.3) is 0 Å². The predicted octanol–water partition coefficient (Wildman–Crippen LogP) is 2.04. The highest BCUT2D eigenvalue weighted by Crippen LogP contribution is 2.15. The molecule has 0 aliphatic heterocycles. The summed E-state index contributed by atoms with van der Waals surface area (Å²) in [7, 11) is 0.808. The maximum atomic E-state index is 12.2. The molecule has 1 rings (SSSR count). The van der Waals surface area contributed by atoms with E-state index >= 15 is 0 Å². The maximum Gasteiger partial charge on any atom is 0.0587 e. The molecule has 1 aromatic carbocycles. The molecule has 18 heavy (non-hydrogen) atoms. The Morgan fingerprint density at radius 1 is 1.28 bits per heavy atom. The molecule has 3 nitrogen and oxygen atoms in total. The first-order valence-electron chi connectivity index (χ1n) is 6.30. The van der Waals surface area contributed by atoms with E-state index in [0.717, 1.165) is 36.6 Å². The number of aryl methyl sites for hydroxylation is 2. The molecule has 0 aliphatic rings.